The number of sulfonamides is 1. The summed E-state index contributed by atoms with van der Waals surface area (Å²) in [5.74, 6) is -0.164. The van der Waals surface area contributed by atoms with E-state index in [0.717, 1.165) is 19.2 Å². The maximum Gasteiger partial charge on any atom is 0.251 e. The van der Waals surface area contributed by atoms with Crippen LogP contribution in [0.25, 0.3) is 0 Å². The number of fused-ring (bicyclic) bond motifs is 1. The van der Waals surface area contributed by atoms with Crippen molar-refractivity contribution in [2.45, 2.75) is 32.4 Å². The molecule has 3 rings (SSSR count). The second-order valence-corrected chi connectivity index (χ2v) is 11.3. The molecule has 0 spiro atoms. The van der Waals surface area contributed by atoms with Gasteiger partial charge < -0.3 is 5.32 Å². The van der Waals surface area contributed by atoms with Crippen molar-refractivity contribution in [1.29, 1.82) is 0 Å². The van der Waals surface area contributed by atoms with E-state index < -0.39 is 10.0 Å². The third kappa shape index (κ3) is 6.18. The van der Waals surface area contributed by atoms with E-state index >= 15 is 0 Å². The van der Waals surface area contributed by atoms with Gasteiger partial charge in [-0.05, 0) is 72.1 Å². The number of hydrogen-bond acceptors (Lipinski definition) is 5. The van der Waals surface area contributed by atoms with Crippen LogP contribution in [0.3, 0.4) is 0 Å². The Balaban J connectivity index is 0.00000300. The number of nitrogens with zero attached hydrogens (tertiary/aromatic N) is 1. The van der Waals surface area contributed by atoms with Gasteiger partial charge in [0, 0.05) is 41.3 Å². The Morgan fingerprint density at radius 2 is 1.93 bits per heavy atom. The third-order valence-electron chi connectivity index (χ3n) is 4.88. The van der Waals surface area contributed by atoms with Gasteiger partial charge in [0.2, 0.25) is 10.0 Å². The van der Waals surface area contributed by atoms with Gasteiger partial charge in [-0.25, -0.2) is 8.42 Å². The summed E-state index contributed by atoms with van der Waals surface area (Å²) in [6, 6.07) is 9.36. The largest absolute Gasteiger partial charge is 0.351 e. The van der Waals surface area contributed by atoms with Crippen LogP contribution in [0.15, 0.2) is 34.1 Å². The van der Waals surface area contributed by atoms with Crippen LogP contribution in [0, 0.1) is 0 Å². The lowest BCUT2D eigenvalue weighted by molar-refractivity contribution is 0.0930. The van der Waals surface area contributed by atoms with Crippen LogP contribution in [-0.2, 0) is 16.4 Å². The summed E-state index contributed by atoms with van der Waals surface area (Å²) in [5, 5.41) is 2.96. The van der Waals surface area contributed by atoms with Crippen molar-refractivity contribution < 1.29 is 13.2 Å². The summed E-state index contributed by atoms with van der Waals surface area (Å²) in [6.07, 6.45) is 2.11. The molecule has 1 aliphatic heterocycles. The molecule has 2 atom stereocenters. The van der Waals surface area contributed by atoms with Crippen LogP contribution in [0.4, 0.5) is 5.69 Å². The van der Waals surface area contributed by atoms with E-state index in [1.54, 1.807) is 35.6 Å². The fraction of sp³-hybridized carbons (Fsp3) is 0.421. The van der Waals surface area contributed by atoms with E-state index in [2.05, 4.69) is 50.8 Å². The first-order valence-electron chi connectivity index (χ1n) is 9.04. The molecule has 10 heteroatoms. The van der Waals surface area contributed by atoms with E-state index in [1.807, 2.05) is 0 Å². The van der Waals surface area contributed by atoms with Gasteiger partial charge >= 0.3 is 0 Å². The van der Waals surface area contributed by atoms with Crippen LogP contribution in [0.2, 0.25) is 0 Å². The van der Waals surface area contributed by atoms with Crippen LogP contribution >= 0.6 is 39.7 Å². The van der Waals surface area contributed by atoms with Crippen LogP contribution in [0.5, 0.6) is 0 Å². The summed E-state index contributed by atoms with van der Waals surface area (Å²) in [7, 11) is -3.33. The number of rotatable bonds is 6. The second-order valence-electron chi connectivity index (χ2n) is 7.11. The van der Waals surface area contributed by atoms with Gasteiger partial charge in [0.1, 0.15) is 0 Å². The van der Waals surface area contributed by atoms with Crippen molar-refractivity contribution in [3.05, 3.63) is 50.1 Å². The van der Waals surface area contributed by atoms with Gasteiger partial charge in [0.05, 0.1) is 10.0 Å². The molecule has 29 heavy (non-hydrogen) atoms. The predicted molar refractivity (Wildman–Crippen MR) is 125 cm³/mol. The average molecular weight is 523 g/mol. The average Bonchev–Trinajstić information content (AvgIpc) is 2.97. The zero-order valence-electron chi connectivity index (χ0n) is 16.4. The van der Waals surface area contributed by atoms with Crippen molar-refractivity contribution >= 4 is 61.3 Å². The molecule has 0 fully saturated rings. The maximum absolute atomic E-state index is 12.4. The molecule has 0 saturated carbocycles. The predicted octanol–water partition coefficient (Wildman–Crippen LogP) is 4.04. The molecule has 2 unspecified atom stereocenters. The highest BCUT2D eigenvalue weighted by molar-refractivity contribution is 9.11. The second kappa shape index (κ2) is 9.78. The van der Waals surface area contributed by atoms with Crippen LogP contribution < -0.4 is 10.0 Å². The Morgan fingerprint density at radius 3 is 2.55 bits per heavy atom. The van der Waals surface area contributed by atoms with Crippen molar-refractivity contribution in [2.75, 3.05) is 24.1 Å². The standard InChI is InChI=1S/C19H24BrN3O3S2.ClH/c1-12-10-15-11-17(20)27-18(15)13(2)23(12)9-8-21-19(24)14-4-6-16(7-5-14)22-28(3,25)26;/h4-7,11-13,22H,8-10H2,1-3H3,(H,21,24);1H. The zero-order chi connectivity index (χ0) is 20.5. The number of amides is 1. The first-order chi connectivity index (χ1) is 13.1. The number of benzene rings is 1. The number of carbonyl (C=O) groups excluding carboxylic acids is 1. The third-order valence-corrected chi connectivity index (χ3v) is 7.33. The fourth-order valence-electron chi connectivity index (χ4n) is 3.61. The molecular formula is C19H25BrClN3O3S2. The molecule has 2 heterocycles. The minimum atomic E-state index is -3.33. The normalized spacial score (nSPS) is 19.2. The number of carbonyl (C=O) groups is 1. The van der Waals surface area contributed by atoms with Gasteiger partial charge in [-0.2, -0.15) is 0 Å². The summed E-state index contributed by atoms with van der Waals surface area (Å²) >= 11 is 5.37. The minimum Gasteiger partial charge on any atom is -0.351 e. The monoisotopic (exact) mass is 521 g/mol. The Hall–Kier alpha value is -1.13. The van der Waals surface area contributed by atoms with Crippen LogP contribution in [0.1, 0.15) is 40.7 Å². The molecule has 0 saturated heterocycles. The van der Waals surface area contributed by atoms with E-state index in [9.17, 15) is 13.2 Å². The number of thiophene rings is 1. The number of halogens is 2. The van der Waals surface area contributed by atoms with Gasteiger partial charge in [-0.3, -0.25) is 14.4 Å². The molecule has 1 aromatic heterocycles. The summed E-state index contributed by atoms with van der Waals surface area (Å²) in [6.45, 7) is 5.77. The van der Waals surface area contributed by atoms with Crippen molar-refractivity contribution in [3.63, 3.8) is 0 Å². The smallest absolute Gasteiger partial charge is 0.251 e. The van der Waals surface area contributed by atoms with Gasteiger partial charge in [0.25, 0.3) is 5.91 Å². The lowest BCUT2D eigenvalue weighted by atomic mass is 9.97. The minimum absolute atomic E-state index is 0. The summed E-state index contributed by atoms with van der Waals surface area (Å²) in [5.41, 5.74) is 2.36. The highest BCUT2D eigenvalue weighted by Gasteiger charge is 2.30. The Labute approximate surface area is 190 Å². The Morgan fingerprint density at radius 1 is 1.28 bits per heavy atom. The lowest BCUT2D eigenvalue weighted by Crippen LogP contribution is -2.44. The van der Waals surface area contributed by atoms with Crippen LogP contribution in [-0.4, -0.2) is 44.6 Å². The fourth-order valence-corrected chi connectivity index (χ4v) is 5.96. The topological polar surface area (TPSA) is 78.5 Å². The number of anilines is 1. The van der Waals surface area contributed by atoms with E-state index in [1.165, 1.54) is 14.2 Å². The molecule has 0 aliphatic carbocycles. The van der Waals surface area contributed by atoms with Gasteiger partial charge in [0.15, 0.2) is 0 Å². The van der Waals surface area contributed by atoms with E-state index in [0.29, 0.717) is 29.9 Å². The van der Waals surface area contributed by atoms with Crippen molar-refractivity contribution in [2.24, 2.45) is 0 Å². The maximum atomic E-state index is 12.4. The first kappa shape index (κ1) is 24.1. The van der Waals surface area contributed by atoms with Gasteiger partial charge in [-0.1, -0.05) is 0 Å². The van der Waals surface area contributed by atoms with E-state index in [-0.39, 0.29) is 18.3 Å². The molecule has 160 valence electrons. The van der Waals surface area contributed by atoms with E-state index in [4.69, 9.17) is 0 Å². The Kier molecular flexibility index (Phi) is 8.15. The molecule has 1 aliphatic rings. The van der Waals surface area contributed by atoms with Crippen molar-refractivity contribution in [1.82, 2.24) is 10.2 Å². The molecule has 0 bridgehead atoms. The van der Waals surface area contributed by atoms with Crippen molar-refractivity contribution in [3.8, 4) is 0 Å². The molecular weight excluding hydrogens is 498 g/mol. The highest BCUT2D eigenvalue weighted by atomic mass is 79.9. The molecule has 0 radical (unpaired) electrons. The molecule has 2 aromatic rings. The number of hydrogen-bond donors (Lipinski definition) is 2. The summed E-state index contributed by atoms with van der Waals surface area (Å²) < 4.78 is 26.0. The number of nitrogens with one attached hydrogen (secondary N) is 2. The molecule has 2 N–H and O–H groups in total. The summed E-state index contributed by atoms with van der Waals surface area (Å²) in [4.78, 5) is 16.2. The first-order valence-corrected chi connectivity index (χ1v) is 12.5. The molecule has 6 nitrogen and oxygen atoms in total. The molecule has 1 amide bonds. The quantitative estimate of drug-likeness (QED) is 0.600. The highest BCUT2D eigenvalue weighted by Crippen LogP contribution is 2.39. The SMILES string of the molecule is CC1Cc2cc(Br)sc2C(C)N1CCNC(=O)c1ccc(NS(C)(=O)=O)cc1.Cl. The Bertz CT molecular complexity index is 964. The lowest BCUT2D eigenvalue weighted by Gasteiger charge is -2.38. The zero-order valence-corrected chi connectivity index (χ0v) is 20.5. The molecule has 1 aromatic carbocycles. The van der Waals surface area contributed by atoms with Gasteiger partial charge in [-0.15, -0.1) is 23.7 Å².